The van der Waals surface area contributed by atoms with Crippen LogP contribution in [0.5, 0.6) is 0 Å². The molecule has 0 aliphatic rings. The Morgan fingerprint density at radius 1 is 1.16 bits per heavy atom. The minimum Gasteiger partial charge on any atom is -0.339 e. The second kappa shape index (κ2) is 6.48. The highest BCUT2D eigenvalue weighted by molar-refractivity contribution is 5.25. The van der Waals surface area contributed by atoms with Gasteiger partial charge in [-0.25, -0.2) is 0 Å². The molecule has 1 heterocycles. The third-order valence-electron chi connectivity index (χ3n) is 3.28. The molecule has 0 radical (unpaired) electrons. The Bertz CT molecular complexity index is 522. The smallest absolute Gasteiger partial charge is 0.226 e. The predicted octanol–water partition coefficient (Wildman–Crippen LogP) is 2.96. The zero-order valence-electron chi connectivity index (χ0n) is 11.9. The van der Waals surface area contributed by atoms with E-state index in [1.807, 2.05) is 6.92 Å². The zero-order valence-corrected chi connectivity index (χ0v) is 11.9. The van der Waals surface area contributed by atoms with Crippen LogP contribution < -0.4 is 0 Å². The molecule has 0 amide bonds. The molecule has 4 heteroatoms. The van der Waals surface area contributed by atoms with E-state index in [1.165, 1.54) is 11.1 Å². The van der Waals surface area contributed by atoms with E-state index in [2.05, 4.69) is 53.2 Å². The Labute approximate surface area is 114 Å². The third-order valence-corrected chi connectivity index (χ3v) is 3.28. The first kappa shape index (κ1) is 13.7. The van der Waals surface area contributed by atoms with Gasteiger partial charge < -0.3 is 4.52 Å². The molecule has 0 saturated heterocycles. The van der Waals surface area contributed by atoms with Gasteiger partial charge in [0.05, 0.1) is 6.54 Å². The van der Waals surface area contributed by atoms with Gasteiger partial charge >= 0.3 is 0 Å². The molecule has 0 atom stereocenters. The number of aromatic nitrogens is 2. The van der Waals surface area contributed by atoms with E-state index in [0.717, 1.165) is 31.9 Å². The third kappa shape index (κ3) is 3.64. The molecule has 0 N–H and O–H groups in total. The SMILES string of the molecule is CCc1nc(CN(CC)Cc2ccccc2C)no1. The fourth-order valence-electron chi connectivity index (χ4n) is 2.01. The van der Waals surface area contributed by atoms with E-state index >= 15 is 0 Å². The van der Waals surface area contributed by atoms with Crippen molar-refractivity contribution >= 4 is 0 Å². The summed E-state index contributed by atoms with van der Waals surface area (Å²) in [5.41, 5.74) is 2.67. The molecule has 0 unspecified atom stereocenters. The van der Waals surface area contributed by atoms with E-state index in [-0.39, 0.29) is 0 Å². The van der Waals surface area contributed by atoms with Gasteiger partial charge in [-0.2, -0.15) is 4.98 Å². The molecule has 102 valence electrons. The first-order valence-corrected chi connectivity index (χ1v) is 6.81. The zero-order chi connectivity index (χ0) is 13.7. The summed E-state index contributed by atoms with van der Waals surface area (Å²) in [7, 11) is 0. The highest BCUT2D eigenvalue weighted by atomic mass is 16.5. The summed E-state index contributed by atoms with van der Waals surface area (Å²) in [6, 6.07) is 8.47. The maximum Gasteiger partial charge on any atom is 0.226 e. The van der Waals surface area contributed by atoms with Gasteiger partial charge in [0, 0.05) is 13.0 Å². The number of aryl methyl sites for hydroxylation is 2. The first-order chi connectivity index (χ1) is 9.22. The van der Waals surface area contributed by atoms with Gasteiger partial charge in [-0.05, 0) is 24.6 Å². The van der Waals surface area contributed by atoms with E-state index in [4.69, 9.17) is 4.52 Å². The molecular weight excluding hydrogens is 238 g/mol. The average molecular weight is 259 g/mol. The number of benzene rings is 1. The van der Waals surface area contributed by atoms with Crippen molar-refractivity contribution in [2.75, 3.05) is 6.54 Å². The van der Waals surface area contributed by atoms with Crippen molar-refractivity contribution in [2.24, 2.45) is 0 Å². The Kier molecular flexibility index (Phi) is 4.68. The van der Waals surface area contributed by atoms with Crippen LogP contribution in [-0.2, 0) is 19.5 Å². The van der Waals surface area contributed by atoms with Gasteiger partial charge in [-0.1, -0.05) is 43.3 Å². The number of hydrogen-bond acceptors (Lipinski definition) is 4. The Balaban J connectivity index is 2.02. The van der Waals surface area contributed by atoms with Crippen molar-refractivity contribution in [3.05, 3.63) is 47.1 Å². The summed E-state index contributed by atoms with van der Waals surface area (Å²) in [5.74, 6) is 1.48. The van der Waals surface area contributed by atoms with Crippen LogP contribution in [0.2, 0.25) is 0 Å². The number of rotatable bonds is 6. The van der Waals surface area contributed by atoms with E-state index in [1.54, 1.807) is 0 Å². The highest BCUT2D eigenvalue weighted by Crippen LogP contribution is 2.12. The lowest BCUT2D eigenvalue weighted by Crippen LogP contribution is -2.23. The number of hydrogen-bond donors (Lipinski definition) is 0. The summed E-state index contributed by atoms with van der Waals surface area (Å²) >= 11 is 0. The fourth-order valence-corrected chi connectivity index (χ4v) is 2.01. The van der Waals surface area contributed by atoms with Crippen LogP contribution in [0.25, 0.3) is 0 Å². The molecule has 1 aromatic heterocycles. The summed E-state index contributed by atoms with van der Waals surface area (Å²) in [4.78, 5) is 6.67. The van der Waals surface area contributed by atoms with Gasteiger partial charge in [-0.15, -0.1) is 0 Å². The van der Waals surface area contributed by atoms with Gasteiger partial charge in [0.2, 0.25) is 5.89 Å². The summed E-state index contributed by atoms with van der Waals surface area (Å²) in [6.45, 7) is 8.92. The highest BCUT2D eigenvalue weighted by Gasteiger charge is 2.11. The number of nitrogens with zero attached hydrogens (tertiary/aromatic N) is 3. The molecule has 2 rings (SSSR count). The first-order valence-electron chi connectivity index (χ1n) is 6.81. The maximum absolute atomic E-state index is 5.15. The van der Waals surface area contributed by atoms with Crippen molar-refractivity contribution in [3.8, 4) is 0 Å². The minimum atomic E-state index is 0.710. The Morgan fingerprint density at radius 3 is 2.58 bits per heavy atom. The van der Waals surface area contributed by atoms with Crippen LogP contribution >= 0.6 is 0 Å². The lowest BCUT2D eigenvalue weighted by molar-refractivity contribution is 0.258. The molecule has 0 bridgehead atoms. The Hall–Kier alpha value is -1.68. The van der Waals surface area contributed by atoms with Crippen LogP contribution in [0.3, 0.4) is 0 Å². The van der Waals surface area contributed by atoms with Gasteiger partial charge in [-0.3, -0.25) is 4.90 Å². The molecule has 0 aliphatic heterocycles. The second-order valence-corrected chi connectivity index (χ2v) is 4.69. The standard InChI is InChI=1S/C15H21N3O/c1-4-15-16-14(17-19-15)11-18(5-2)10-13-9-7-6-8-12(13)3/h6-9H,4-5,10-11H2,1-3H3. The van der Waals surface area contributed by atoms with Crippen molar-refractivity contribution in [3.63, 3.8) is 0 Å². The molecule has 4 nitrogen and oxygen atoms in total. The van der Waals surface area contributed by atoms with Crippen LogP contribution in [0.4, 0.5) is 0 Å². The van der Waals surface area contributed by atoms with Crippen LogP contribution in [-0.4, -0.2) is 21.6 Å². The lowest BCUT2D eigenvalue weighted by atomic mass is 10.1. The monoisotopic (exact) mass is 259 g/mol. The normalized spacial score (nSPS) is 11.2. The fraction of sp³-hybridized carbons (Fsp3) is 0.467. The van der Waals surface area contributed by atoms with E-state index < -0.39 is 0 Å². The minimum absolute atomic E-state index is 0.710. The molecule has 0 spiro atoms. The molecular formula is C15H21N3O. The predicted molar refractivity (Wildman–Crippen MR) is 74.6 cm³/mol. The van der Waals surface area contributed by atoms with E-state index in [9.17, 15) is 0 Å². The summed E-state index contributed by atoms with van der Waals surface area (Å²) in [6.07, 6.45) is 0.789. The maximum atomic E-state index is 5.15. The van der Waals surface area contributed by atoms with Crippen molar-refractivity contribution in [1.82, 2.24) is 15.0 Å². The topological polar surface area (TPSA) is 42.2 Å². The molecule has 0 saturated carbocycles. The molecule has 1 aromatic carbocycles. The van der Waals surface area contributed by atoms with Crippen LogP contribution in [0.15, 0.2) is 28.8 Å². The second-order valence-electron chi connectivity index (χ2n) is 4.69. The summed E-state index contributed by atoms with van der Waals surface area (Å²) in [5, 5.41) is 4.01. The van der Waals surface area contributed by atoms with E-state index in [0.29, 0.717) is 5.89 Å². The largest absolute Gasteiger partial charge is 0.339 e. The Morgan fingerprint density at radius 2 is 1.95 bits per heavy atom. The van der Waals surface area contributed by atoms with Gasteiger partial charge in [0.25, 0.3) is 0 Å². The quantitative estimate of drug-likeness (QED) is 0.800. The van der Waals surface area contributed by atoms with Crippen LogP contribution in [0.1, 0.15) is 36.7 Å². The molecule has 0 aliphatic carbocycles. The molecule has 19 heavy (non-hydrogen) atoms. The van der Waals surface area contributed by atoms with Crippen molar-refractivity contribution < 1.29 is 4.52 Å². The average Bonchev–Trinajstić information content (AvgIpc) is 2.88. The van der Waals surface area contributed by atoms with Crippen molar-refractivity contribution in [2.45, 2.75) is 40.3 Å². The van der Waals surface area contributed by atoms with Gasteiger partial charge in [0.1, 0.15) is 0 Å². The molecule has 2 aromatic rings. The van der Waals surface area contributed by atoms with Gasteiger partial charge in [0.15, 0.2) is 5.82 Å². The molecule has 0 fully saturated rings. The lowest BCUT2D eigenvalue weighted by Gasteiger charge is -2.19. The summed E-state index contributed by atoms with van der Waals surface area (Å²) < 4.78 is 5.15. The van der Waals surface area contributed by atoms with Crippen molar-refractivity contribution in [1.29, 1.82) is 0 Å². The van der Waals surface area contributed by atoms with Crippen LogP contribution in [0, 0.1) is 6.92 Å².